The molecule has 2 aromatic rings. The van der Waals surface area contributed by atoms with Crippen molar-refractivity contribution in [1.82, 2.24) is 14.9 Å². The molecule has 2 heterocycles. The van der Waals surface area contributed by atoms with Crippen molar-refractivity contribution in [3.63, 3.8) is 0 Å². The molecule has 0 unspecified atom stereocenters. The second-order valence-corrected chi connectivity index (χ2v) is 10.2. The first kappa shape index (κ1) is 25.3. The molecule has 2 fully saturated rings. The number of piperidine rings is 1. The van der Waals surface area contributed by atoms with Crippen LogP contribution in [-0.4, -0.2) is 69.3 Å². The number of aromatic nitrogens is 2. The molecule has 1 aromatic carbocycles. The number of halogens is 1. The molecule has 0 spiro atoms. The van der Waals surface area contributed by atoms with Crippen molar-refractivity contribution in [1.29, 1.82) is 0 Å². The third kappa shape index (κ3) is 6.45. The average molecular weight is 487 g/mol. The molecule has 2 aliphatic rings. The minimum Gasteiger partial charge on any atom is -0.391 e. The molecule has 190 valence electrons. The van der Waals surface area contributed by atoms with Gasteiger partial charge < -0.3 is 26.2 Å². The zero-order valence-corrected chi connectivity index (χ0v) is 20.3. The molecule has 0 bridgehead atoms. The number of nitrogens with zero attached hydrogens (tertiary/aromatic N) is 4. The number of nitrogens with two attached hydrogens (primary N) is 1. The van der Waals surface area contributed by atoms with Gasteiger partial charge in [0.1, 0.15) is 6.33 Å². The smallest absolute Gasteiger partial charge is 0.231 e. The van der Waals surface area contributed by atoms with E-state index in [1.54, 1.807) is 13.8 Å². The first-order valence-electron chi connectivity index (χ1n) is 12.1. The minimum atomic E-state index is -0.917. The summed E-state index contributed by atoms with van der Waals surface area (Å²) in [5, 5.41) is 23.7. The van der Waals surface area contributed by atoms with Crippen molar-refractivity contribution >= 4 is 17.5 Å². The lowest BCUT2D eigenvalue weighted by molar-refractivity contribution is -0.120. The maximum Gasteiger partial charge on any atom is 0.231 e. The van der Waals surface area contributed by atoms with Crippen LogP contribution in [0.2, 0.25) is 0 Å². The molecular formula is C25H35FN6O3. The number of rotatable bonds is 10. The highest BCUT2D eigenvalue weighted by atomic mass is 19.1. The summed E-state index contributed by atoms with van der Waals surface area (Å²) >= 11 is 0. The molecule has 1 aromatic heterocycles. The van der Waals surface area contributed by atoms with E-state index in [9.17, 15) is 15.0 Å². The topological polar surface area (TPSA) is 128 Å². The maximum atomic E-state index is 15.5. The first-order valence-corrected chi connectivity index (χ1v) is 12.1. The van der Waals surface area contributed by atoms with Crippen LogP contribution in [-0.2, 0) is 16.9 Å². The number of β-amino-alcohol motifs (C(OH)–C–C–N with tert-alkyl or cyclic N) is 1. The molecule has 1 aliphatic heterocycles. The van der Waals surface area contributed by atoms with Crippen molar-refractivity contribution in [2.75, 3.05) is 36.4 Å². The minimum absolute atomic E-state index is 0.0919. The summed E-state index contributed by atoms with van der Waals surface area (Å²) < 4.78 is 15.5. The van der Waals surface area contributed by atoms with Gasteiger partial charge >= 0.3 is 0 Å². The van der Waals surface area contributed by atoms with Gasteiger partial charge in [-0.1, -0.05) is 24.3 Å². The molecule has 4 rings (SSSR count). The molecule has 35 heavy (non-hydrogen) atoms. The molecule has 5 N–H and O–H groups in total. The highest BCUT2D eigenvalue weighted by Crippen LogP contribution is 2.35. The van der Waals surface area contributed by atoms with Crippen LogP contribution in [0.1, 0.15) is 44.2 Å². The molecule has 1 amide bonds. The molecule has 2 atom stereocenters. The standard InChI is InChI=1S/C25H35FN6O3/c1-25(2,35)18-5-3-16(4-6-18)12-32(19-7-8-19)24-22(26)23(29-15-30-24)28-11-17-9-10-31(13-20(17)33)14-21(27)34/h3-6,15,17,19-20,33,35H,7-14H2,1-2H3,(H2,27,34)(H,28,29,30)/t17-,20+/m0/s1. The molecule has 9 nitrogen and oxygen atoms in total. The Kier molecular flexibility index (Phi) is 7.53. The molecule has 1 saturated carbocycles. The third-order valence-corrected chi connectivity index (χ3v) is 6.76. The van der Waals surface area contributed by atoms with E-state index in [-0.39, 0.29) is 30.1 Å². The predicted molar refractivity (Wildman–Crippen MR) is 131 cm³/mol. The second-order valence-electron chi connectivity index (χ2n) is 10.2. The zero-order valence-electron chi connectivity index (χ0n) is 20.3. The molecule has 0 radical (unpaired) electrons. The quantitative estimate of drug-likeness (QED) is 0.399. The van der Waals surface area contributed by atoms with Gasteiger partial charge in [-0.25, -0.2) is 9.97 Å². The van der Waals surface area contributed by atoms with Crippen LogP contribution in [0, 0.1) is 11.7 Å². The fourth-order valence-corrected chi connectivity index (χ4v) is 4.54. The number of amides is 1. The van der Waals surface area contributed by atoms with E-state index in [0.29, 0.717) is 32.6 Å². The van der Waals surface area contributed by atoms with Gasteiger partial charge in [-0.2, -0.15) is 4.39 Å². The van der Waals surface area contributed by atoms with Gasteiger partial charge in [0.25, 0.3) is 0 Å². The number of hydrogen-bond donors (Lipinski definition) is 4. The number of likely N-dealkylation sites (tertiary alicyclic amines) is 1. The average Bonchev–Trinajstić information content (AvgIpc) is 3.63. The normalized spacial score (nSPS) is 21.1. The number of hydrogen-bond acceptors (Lipinski definition) is 8. The third-order valence-electron chi connectivity index (χ3n) is 6.76. The summed E-state index contributed by atoms with van der Waals surface area (Å²) in [5.41, 5.74) is 6.15. The van der Waals surface area contributed by atoms with Crippen LogP contribution in [0.25, 0.3) is 0 Å². The summed E-state index contributed by atoms with van der Waals surface area (Å²) in [6.07, 6.45) is 3.33. The molecule has 1 saturated heterocycles. The zero-order chi connectivity index (χ0) is 25.2. The van der Waals surface area contributed by atoms with E-state index in [0.717, 1.165) is 24.0 Å². The SMILES string of the molecule is CC(C)(O)c1ccc(CN(c2ncnc(NC[C@@H]3CCN(CC(N)=O)C[C@H]3O)c2F)C2CC2)cc1. The van der Waals surface area contributed by atoms with Crippen LogP contribution in [0.15, 0.2) is 30.6 Å². The highest BCUT2D eigenvalue weighted by molar-refractivity contribution is 5.75. The molecule has 10 heteroatoms. The van der Waals surface area contributed by atoms with Crippen LogP contribution in [0.3, 0.4) is 0 Å². The van der Waals surface area contributed by atoms with Gasteiger partial charge in [0, 0.05) is 31.6 Å². The van der Waals surface area contributed by atoms with E-state index < -0.39 is 23.4 Å². The Hall–Kier alpha value is -2.82. The van der Waals surface area contributed by atoms with E-state index in [2.05, 4.69) is 15.3 Å². The summed E-state index contributed by atoms with van der Waals surface area (Å²) in [6.45, 7) is 5.47. The number of aliphatic hydroxyl groups excluding tert-OH is 1. The van der Waals surface area contributed by atoms with Crippen LogP contribution >= 0.6 is 0 Å². The monoisotopic (exact) mass is 486 g/mol. The lowest BCUT2D eigenvalue weighted by Crippen LogP contribution is -2.48. The van der Waals surface area contributed by atoms with Crippen molar-refractivity contribution in [3.05, 3.63) is 47.5 Å². The fraction of sp³-hybridized carbons (Fsp3) is 0.560. The van der Waals surface area contributed by atoms with E-state index in [4.69, 9.17) is 5.73 Å². The van der Waals surface area contributed by atoms with Gasteiger partial charge in [0.05, 0.1) is 18.2 Å². The van der Waals surface area contributed by atoms with Gasteiger partial charge in [0.2, 0.25) is 11.7 Å². The number of primary amides is 1. The molecular weight excluding hydrogens is 451 g/mol. The Morgan fingerprint density at radius 2 is 1.97 bits per heavy atom. The van der Waals surface area contributed by atoms with Gasteiger partial charge in [0.15, 0.2) is 11.6 Å². The van der Waals surface area contributed by atoms with Crippen molar-refractivity contribution in [2.24, 2.45) is 11.7 Å². The van der Waals surface area contributed by atoms with Crippen molar-refractivity contribution in [2.45, 2.75) is 57.4 Å². The van der Waals surface area contributed by atoms with E-state index >= 15 is 4.39 Å². The Balaban J connectivity index is 1.42. The van der Waals surface area contributed by atoms with E-state index in [1.165, 1.54) is 6.33 Å². The number of nitrogens with one attached hydrogen (secondary N) is 1. The van der Waals surface area contributed by atoms with Crippen LogP contribution in [0.4, 0.5) is 16.0 Å². The van der Waals surface area contributed by atoms with Gasteiger partial charge in [-0.05, 0) is 50.8 Å². The van der Waals surface area contributed by atoms with Gasteiger partial charge in [-0.3, -0.25) is 9.69 Å². The van der Waals surface area contributed by atoms with Gasteiger partial charge in [-0.15, -0.1) is 0 Å². The largest absolute Gasteiger partial charge is 0.391 e. The Bertz CT molecular complexity index is 1020. The second kappa shape index (κ2) is 10.4. The Morgan fingerprint density at radius 1 is 1.26 bits per heavy atom. The summed E-state index contributed by atoms with van der Waals surface area (Å²) in [5.74, 6) is -0.644. The Morgan fingerprint density at radius 3 is 2.57 bits per heavy atom. The summed E-state index contributed by atoms with van der Waals surface area (Å²) in [4.78, 5) is 23.3. The molecule has 1 aliphatic carbocycles. The number of carbonyl (C=O) groups excluding carboxylic acids is 1. The van der Waals surface area contributed by atoms with Crippen molar-refractivity contribution < 1.29 is 19.4 Å². The summed E-state index contributed by atoms with van der Waals surface area (Å²) in [7, 11) is 0. The first-order chi connectivity index (χ1) is 16.6. The lowest BCUT2D eigenvalue weighted by atomic mass is 9.93. The Labute approximate surface area is 205 Å². The van der Waals surface area contributed by atoms with E-state index in [1.807, 2.05) is 34.1 Å². The maximum absolute atomic E-state index is 15.5. The number of aliphatic hydroxyl groups is 2. The van der Waals surface area contributed by atoms with Crippen molar-refractivity contribution in [3.8, 4) is 0 Å². The number of benzene rings is 1. The highest BCUT2D eigenvalue weighted by Gasteiger charge is 2.33. The van der Waals surface area contributed by atoms with Crippen LogP contribution < -0.4 is 16.0 Å². The number of carbonyl (C=O) groups is 1. The lowest BCUT2D eigenvalue weighted by Gasteiger charge is -2.35. The fourth-order valence-electron chi connectivity index (χ4n) is 4.54. The van der Waals surface area contributed by atoms with Crippen LogP contribution in [0.5, 0.6) is 0 Å². The predicted octanol–water partition coefficient (Wildman–Crippen LogP) is 1.59. The number of anilines is 2. The summed E-state index contributed by atoms with van der Waals surface area (Å²) in [6, 6.07) is 7.91.